The highest BCUT2D eigenvalue weighted by Gasteiger charge is 2.34. The summed E-state index contributed by atoms with van der Waals surface area (Å²) >= 11 is 1.74. The molecule has 4 unspecified atom stereocenters. The summed E-state index contributed by atoms with van der Waals surface area (Å²) < 4.78 is 23.8. The summed E-state index contributed by atoms with van der Waals surface area (Å²) in [5.74, 6) is 1.35. The van der Waals surface area contributed by atoms with Gasteiger partial charge in [0.25, 0.3) is 11.8 Å². The standard InChI is InChI=1S/C13H17NO.C12H14FNO2.C12H15NO2.C12H15NOS/c1-3-11-7-8-14(13(11)15)12-6-4-5-10(2)9-12;1-3-11-12(15)14(7-16-11)9-4-5-10(13)8(2)6-9;2*1-3-11-12(14)13(8-15-11)10-6-4-5-9(2)7-10/h4-6,9,11H,3,7-8H2,1-2H3;4-6,11H,3,7H2,1-2H3;2*4-7,11H,3,8H2,1-2H3. The van der Waals surface area contributed by atoms with Gasteiger partial charge in [0.05, 0.1) is 11.1 Å². The molecule has 4 heterocycles. The summed E-state index contributed by atoms with van der Waals surface area (Å²) in [6.45, 7) is 17.3. The van der Waals surface area contributed by atoms with Gasteiger partial charge in [-0.05, 0) is 137 Å². The van der Waals surface area contributed by atoms with E-state index in [-0.39, 0.29) is 53.6 Å². The van der Waals surface area contributed by atoms with Crippen molar-refractivity contribution in [2.24, 2.45) is 5.92 Å². The number of hydrogen-bond acceptors (Lipinski definition) is 7. The van der Waals surface area contributed by atoms with Crippen molar-refractivity contribution in [1.29, 1.82) is 0 Å². The van der Waals surface area contributed by atoms with E-state index in [9.17, 15) is 23.6 Å². The maximum atomic E-state index is 13.1. The summed E-state index contributed by atoms with van der Waals surface area (Å²) in [6.07, 6.45) is 3.67. The Morgan fingerprint density at radius 2 is 1.03 bits per heavy atom. The van der Waals surface area contributed by atoms with Gasteiger partial charge in [0.2, 0.25) is 11.8 Å². The number of carbonyl (C=O) groups is 4. The van der Waals surface area contributed by atoms with Gasteiger partial charge in [-0.3, -0.25) is 29.0 Å². The molecule has 4 amide bonds. The van der Waals surface area contributed by atoms with Crippen LogP contribution in [0, 0.1) is 39.4 Å². The van der Waals surface area contributed by atoms with E-state index in [4.69, 9.17) is 9.47 Å². The lowest BCUT2D eigenvalue weighted by Crippen LogP contribution is -2.29. The van der Waals surface area contributed by atoms with Crippen LogP contribution < -0.4 is 19.6 Å². The van der Waals surface area contributed by atoms with E-state index in [1.165, 1.54) is 17.2 Å². The van der Waals surface area contributed by atoms with Crippen LogP contribution in [0.25, 0.3) is 0 Å². The Balaban J connectivity index is 0.000000154. The molecule has 10 nitrogen and oxygen atoms in total. The number of carbonyl (C=O) groups excluding carboxylic acids is 4. The summed E-state index contributed by atoms with van der Waals surface area (Å²) in [7, 11) is 0. The SMILES string of the molecule is CCC1CCN(c2cccc(C)c2)C1=O.CCC1OCN(c2ccc(F)c(C)c2)C1=O.CCC1OCN(c2cccc(C)c2)C1=O.CCC1SCN(c2cccc(C)c2)C1=O. The van der Waals surface area contributed by atoms with Crippen molar-refractivity contribution < 1.29 is 33.0 Å². The van der Waals surface area contributed by atoms with Gasteiger partial charge in [0.15, 0.2) is 0 Å². The number of hydrogen-bond donors (Lipinski definition) is 0. The summed E-state index contributed by atoms with van der Waals surface area (Å²) in [5, 5.41) is 0.158. The van der Waals surface area contributed by atoms with Crippen LogP contribution in [0.1, 0.15) is 82.1 Å². The normalized spacial score (nSPS) is 20.9. The second kappa shape index (κ2) is 22.2. The topological polar surface area (TPSA) is 99.7 Å². The highest BCUT2D eigenvalue weighted by atomic mass is 32.2. The van der Waals surface area contributed by atoms with E-state index >= 15 is 0 Å². The van der Waals surface area contributed by atoms with E-state index in [2.05, 4.69) is 52.0 Å². The summed E-state index contributed by atoms with van der Waals surface area (Å²) in [6, 6.07) is 28.8. The molecule has 4 atom stereocenters. The zero-order valence-corrected chi connectivity index (χ0v) is 37.7. The minimum absolute atomic E-state index is 0.0477. The summed E-state index contributed by atoms with van der Waals surface area (Å²) in [5.41, 5.74) is 7.80. The second-order valence-electron chi connectivity index (χ2n) is 15.7. The molecule has 0 aliphatic carbocycles. The van der Waals surface area contributed by atoms with Gasteiger partial charge < -0.3 is 19.3 Å². The Labute approximate surface area is 365 Å². The predicted octanol–water partition coefficient (Wildman–Crippen LogP) is 9.90. The first-order chi connectivity index (χ1) is 29.3. The first kappa shape index (κ1) is 47.0. The van der Waals surface area contributed by atoms with Crippen molar-refractivity contribution in [3.05, 3.63) is 119 Å². The van der Waals surface area contributed by atoms with Crippen LogP contribution in [0.5, 0.6) is 0 Å². The molecular formula is C49H61FN4O6S. The van der Waals surface area contributed by atoms with Crippen LogP contribution in [-0.2, 0) is 28.7 Å². The Kier molecular flexibility index (Phi) is 17.1. The monoisotopic (exact) mass is 852 g/mol. The smallest absolute Gasteiger partial charge is 0.258 e. The zero-order valence-electron chi connectivity index (χ0n) is 36.9. The number of amides is 4. The highest BCUT2D eigenvalue weighted by molar-refractivity contribution is 8.01. The number of rotatable bonds is 8. The fourth-order valence-corrected chi connectivity index (χ4v) is 8.57. The highest BCUT2D eigenvalue weighted by Crippen LogP contribution is 2.32. The third-order valence-corrected chi connectivity index (χ3v) is 12.5. The van der Waals surface area contributed by atoms with E-state index in [1.807, 2.05) is 79.1 Å². The van der Waals surface area contributed by atoms with Crippen LogP contribution in [0.15, 0.2) is 91.0 Å². The molecule has 0 aromatic heterocycles. The number of aryl methyl sites for hydroxylation is 4. The molecule has 0 N–H and O–H groups in total. The van der Waals surface area contributed by atoms with Crippen LogP contribution >= 0.6 is 11.8 Å². The van der Waals surface area contributed by atoms with Crippen molar-refractivity contribution in [2.75, 3.05) is 45.5 Å². The Hall–Kier alpha value is -5.04. The molecule has 61 heavy (non-hydrogen) atoms. The molecule has 326 valence electrons. The molecule has 4 aromatic carbocycles. The minimum atomic E-state index is -0.356. The van der Waals surface area contributed by atoms with Gasteiger partial charge in [0.1, 0.15) is 31.5 Å². The van der Waals surface area contributed by atoms with Crippen LogP contribution in [0.4, 0.5) is 27.1 Å². The van der Waals surface area contributed by atoms with Crippen LogP contribution in [-0.4, -0.2) is 67.0 Å². The molecule has 12 heteroatoms. The summed E-state index contributed by atoms with van der Waals surface area (Å²) in [4.78, 5) is 54.7. The molecule has 0 bridgehead atoms. The molecule has 4 aliphatic heterocycles. The van der Waals surface area contributed by atoms with Crippen LogP contribution in [0.3, 0.4) is 0 Å². The molecule has 8 rings (SSSR count). The largest absolute Gasteiger partial charge is 0.348 e. The number of ether oxygens (including phenoxy) is 2. The molecule has 4 aromatic rings. The van der Waals surface area contributed by atoms with E-state index in [1.54, 1.807) is 40.6 Å². The lowest BCUT2D eigenvalue weighted by atomic mass is 10.1. The van der Waals surface area contributed by atoms with E-state index in [0.29, 0.717) is 30.3 Å². The van der Waals surface area contributed by atoms with Gasteiger partial charge in [-0.1, -0.05) is 64.1 Å². The van der Waals surface area contributed by atoms with Gasteiger partial charge in [-0.2, -0.15) is 0 Å². The first-order valence-corrected chi connectivity index (χ1v) is 22.4. The zero-order chi connectivity index (χ0) is 44.2. The Morgan fingerprint density at radius 3 is 1.43 bits per heavy atom. The fourth-order valence-electron chi connectivity index (χ4n) is 7.46. The van der Waals surface area contributed by atoms with Gasteiger partial charge in [-0.25, -0.2) is 4.39 Å². The fraction of sp³-hybridized carbons (Fsp3) is 0.429. The first-order valence-electron chi connectivity index (χ1n) is 21.4. The molecule has 4 aliphatic rings. The molecule has 4 saturated heterocycles. The third-order valence-electron chi connectivity index (χ3n) is 11.2. The van der Waals surface area contributed by atoms with Crippen molar-refractivity contribution in [3.63, 3.8) is 0 Å². The molecule has 4 fully saturated rings. The molecular weight excluding hydrogens is 792 g/mol. The lowest BCUT2D eigenvalue weighted by molar-refractivity contribution is -0.122. The van der Waals surface area contributed by atoms with Gasteiger partial charge in [0, 0.05) is 35.2 Å². The van der Waals surface area contributed by atoms with E-state index < -0.39 is 0 Å². The van der Waals surface area contributed by atoms with Crippen LogP contribution in [0.2, 0.25) is 0 Å². The number of anilines is 4. The van der Waals surface area contributed by atoms with Crippen molar-refractivity contribution in [3.8, 4) is 0 Å². The number of halogens is 1. The van der Waals surface area contributed by atoms with Crippen molar-refractivity contribution >= 4 is 58.1 Å². The molecule has 0 spiro atoms. The maximum Gasteiger partial charge on any atom is 0.258 e. The minimum Gasteiger partial charge on any atom is -0.348 e. The number of thioether (sulfide) groups is 1. The maximum absolute atomic E-state index is 13.1. The predicted molar refractivity (Wildman–Crippen MR) is 244 cm³/mol. The average Bonchev–Trinajstić information content (AvgIpc) is 4.04. The third kappa shape index (κ3) is 11.9. The Bertz CT molecular complexity index is 1970. The molecule has 0 saturated carbocycles. The second-order valence-corrected chi connectivity index (χ2v) is 16.9. The number of nitrogens with zero attached hydrogens (tertiary/aromatic N) is 4. The van der Waals surface area contributed by atoms with Crippen molar-refractivity contribution in [2.45, 2.75) is 105 Å². The molecule has 0 radical (unpaired) electrons. The Morgan fingerprint density at radius 1 is 0.557 bits per heavy atom. The average molecular weight is 853 g/mol. The quantitative estimate of drug-likeness (QED) is 0.174. The van der Waals surface area contributed by atoms with Gasteiger partial charge >= 0.3 is 0 Å². The van der Waals surface area contributed by atoms with Gasteiger partial charge in [-0.15, -0.1) is 11.8 Å². The number of benzene rings is 4. The van der Waals surface area contributed by atoms with Crippen molar-refractivity contribution in [1.82, 2.24) is 0 Å². The lowest BCUT2D eigenvalue weighted by Gasteiger charge is -2.17. The van der Waals surface area contributed by atoms with E-state index in [0.717, 1.165) is 60.7 Å².